The summed E-state index contributed by atoms with van der Waals surface area (Å²) in [5.41, 5.74) is 1.40. The van der Waals surface area contributed by atoms with Crippen LogP contribution in [0.25, 0.3) is 0 Å². The Morgan fingerprint density at radius 2 is 1.92 bits per heavy atom. The highest BCUT2D eigenvalue weighted by Crippen LogP contribution is 2.10. The predicted molar refractivity (Wildman–Crippen MR) is 110 cm³/mol. The minimum Gasteiger partial charge on any atom is -0.352 e. The highest BCUT2D eigenvalue weighted by Gasteiger charge is 2.05. The van der Waals surface area contributed by atoms with Crippen LogP contribution < -0.4 is 16.0 Å². The van der Waals surface area contributed by atoms with E-state index in [1.807, 2.05) is 18.2 Å². The van der Waals surface area contributed by atoms with E-state index in [-0.39, 0.29) is 36.4 Å². The standard InChI is InChI=1S/C17H18ClFN4O.HI/c1-20-17(21-10-12-4-2-5-13(18)8-12)22-11-16(24)23-15-7-3-6-14(19)9-15;/h2-9H,10-11H2,1H3,(H,23,24)(H2,20,21,22);1H. The lowest BCUT2D eigenvalue weighted by atomic mass is 10.2. The van der Waals surface area contributed by atoms with E-state index in [4.69, 9.17) is 11.6 Å². The fraction of sp³-hybridized carbons (Fsp3) is 0.176. The average Bonchev–Trinajstić information content (AvgIpc) is 2.55. The predicted octanol–water partition coefficient (Wildman–Crippen LogP) is 3.40. The number of hydrogen-bond donors (Lipinski definition) is 3. The van der Waals surface area contributed by atoms with E-state index in [0.29, 0.717) is 23.2 Å². The Bertz CT molecular complexity index is 742. The van der Waals surface area contributed by atoms with Gasteiger partial charge in [-0.05, 0) is 35.9 Å². The zero-order valence-corrected chi connectivity index (χ0v) is 16.6. The van der Waals surface area contributed by atoms with Crippen LogP contribution in [0.4, 0.5) is 10.1 Å². The second-order valence-corrected chi connectivity index (χ2v) is 5.40. The first kappa shape index (κ1) is 21.2. The van der Waals surface area contributed by atoms with Gasteiger partial charge in [0.1, 0.15) is 5.82 Å². The quantitative estimate of drug-likeness (QED) is 0.352. The summed E-state index contributed by atoms with van der Waals surface area (Å²) in [5, 5.41) is 9.23. The van der Waals surface area contributed by atoms with Crippen LogP contribution in [0.15, 0.2) is 53.5 Å². The van der Waals surface area contributed by atoms with Crippen molar-refractivity contribution < 1.29 is 9.18 Å². The molecule has 0 aliphatic carbocycles. The summed E-state index contributed by atoms with van der Waals surface area (Å²) in [5.74, 6) is -0.226. The summed E-state index contributed by atoms with van der Waals surface area (Å²) in [6, 6.07) is 13.2. The first-order valence-electron chi connectivity index (χ1n) is 7.31. The largest absolute Gasteiger partial charge is 0.352 e. The number of carbonyl (C=O) groups excluding carboxylic acids is 1. The molecule has 0 aliphatic heterocycles. The van der Waals surface area contributed by atoms with E-state index in [1.54, 1.807) is 19.2 Å². The lowest BCUT2D eigenvalue weighted by molar-refractivity contribution is -0.115. The maximum absolute atomic E-state index is 13.1. The molecule has 3 N–H and O–H groups in total. The van der Waals surface area contributed by atoms with E-state index in [2.05, 4.69) is 20.9 Å². The van der Waals surface area contributed by atoms with Crippen LogP contribution in [0.5, 0.6) is 0 Å². The third-order valence-electron chi connectivity index (χ3n) is 3.10. The van der Waals surface area contributed by atoms with Crippen molar-refractivity contribution >= 4 is 53.1 Å². The van der Waals surface area contributed by atoms with Crippen molar-refractivity contribution in [2.45, 2.75) is 6.54 Å². The fourth-order valence-corrected chi connectivity index (χ4v) is 2.20. The molecule has 0 atom stereocenters. The molecular weight excluding hydrogens is 458 g/mol. The topological polar surface area (TPSA) is 65.5 Å². The molecule has 2 aromatic carbocycles. The Hall–Kier alpha value is -1.87. The number of nitrogens with one attached hydrogen (secondary N) is 3. The Morgan fingerprint density at radius 1 is 1.16 bits per heavy atom. The number of amides is 1. The molecular formula is C17H19ClFIN4O. The fourth-order valence-electron chi connectivity index (χ4n) is 1.99. The van der Waals surface area contributed by atoms with Crippen LogP contribution in [0.3, 0.4) is 0 Å². The van der Waals surface area contributed by atoms with Gasteiger partial charge in [-0.2, -0.15) is 0 Å². The third kappa shape index (κ3) is 7.70. The van der Waals surface area contributed by atoms with Crippen LogP contribution >= 0.6 is 35.6 Å². The number of carbonyl (C=O) groups is 1. The van der Waals surface area contributed by atoms with Gasteiger partial charge >= 0.3 is 0 Å². The zero-order valence-electron chi connectivity index (χ0n) is 13.6. The van der Waals surface area contributed by atoms with Crippen molar-refractivity contribution in [2.75, 3.05) is 18.9 Å². The summed E-state index contributed by atoms with van der Waals surface area (Å²) < 4.78 is 13.1. The Labute approximate surface area is 168 Å². The molecule has 0 radical (unpaired) electrons. The molecule has 8 heteroatoms. The summed E-state index contributed by atoms with van der Waals surface area (Å²) in [6.45, 7) is 0.525. The molecule has 134 valence electrons. The van der Waals surface area contributed by atoms with Gasteiger partial charge in [-0.25, -0.2) is 4.39 Å². The van der Waals surface area contributed by atoms with E-state index >= 15 is 0 Å². The van der Waals surface area contributed by atoms with Crippen molar-refractivity contribution in [1.29, 1.82) is 0 Å². The van der Waals surface area contributed by atoms with Crippen molar-refractivity contribution in [2.24, 2.45) is 4.99 Å². The van der Waals surface area contributed by atoms with E-state index in [9.17, 15) is 9.18 Å². The van der Waals surface area contributed by atoms with Gasteiger partial charge in [0.2, 0.25) is 5.91 Å². The van der Waals surface area contributed by atoms with Crippen LogP contribution in [-0.4, -0.2) is 25.5 Å². The molecule has 0 heterocycles. The van der Waals surface area contributed by atoms with Gasteiger partial charge < -0.3 is 16.0 Å². The molecule has 0 saturated heterocycles. The van der Waals surface area contributed by atoms with Crippen molar-refractivity contribution in [3.63, 3.8) is 0 Å². The molecule has 0 saturated carbocycles. The molecule has 0 fully saturated rings. The minimum atomic E-state index is -0.403. The van der Waals surface area contributed by atoms with Gasteiger partial charge in [0.25, 0.3) is 0 Å². The maximum Gasteiger partial charge on any atom is 0.243 e. The molecule has 0 unspecified atom stereocenters. The molecule has 0 spiro atoms. The van der Waals surface area contributed by atoms with Gasteiger partial charge in [-0.1, -0.05) is 29.8 Å². The maximum atomic E-state index is 13.1. The van der Waals surface area contributed by atoms with Gasteiger partial charge in [-0.3, -0.25) is 9.79 Å². The number of rotatable bonds is 5. The lowest BCUT2D eigenvalue weighted by Crippen LogP contribution is -2.41. The molecule has 2 aromatic rings. The summed E-state index contributed by atoms with van der Waals surface area (Å²) >= 11 is 5.93. The summed E-state index contributed by atoms with van der Waals surface area (Å²) in [6.07, 6.45) is 0. The van der Waals surface area contributed by atoms with Crippen LogP contribution in [-0.2, 0) is 11.3 Å². The molecule has 25 heavy (non-hydrogen) atoms. The number of halogens is 3. The van der Waals surface area contributed by atoms with Crippen LogP contribution in [0.2, 0.25) is 5.02 Å². The highest BCUT2D eigenvalue weighted by molar-refractivity contribution is 14.0. The zero-order chi connectivity index (χ0) is 17.4. The molecule has 0 aliphatic rings. The minimum absolute atomic E-state index is 0. The average molecular weight is 477 g/mol. The molecule has 0 aromatic heterocycles. The molecule has 2 rings (SSSR count). The molecule has 0 bridgehead atoms. The SMILES string of the molecule is CN=C(NCC(=O)Nc1cccc(F)c1)NCc1cccc(Cl)c1.I. The normalized spacial score (nSPS) is 10.6. The number of nitrogens with zero attached hydrogens (tertiary/aromatic N) is 1. The van der Waals surface area contributed by atoms with Crippen LogP contribution in [0.1, 0.15) is 5.56 Å². The summed E-state index contributed by atoms with van der Waals surface area (Å²) in [7, 11) is 1.61. The Kier molecular flexibility index (Phi) is 9.22. The highest BCUT2D eigenvalue weighted by atomic mass is 127. The first-order chi connectivity index (χ1) is 11.6. The van der Waals surface area contributed by atoms with Gasteiger partial charge in [0.15, 0.2) is 5.96 Å². The van der Waals surface area contributed by atoms with Crippen molar-refractivity contribution in [3.05, 3.63) is 64.9 Å². The Balaban J connectivity index is 0.00000312. The second-order valence-electron chi connectivity index (χ2n) is 4.97. The van der Waals surface area contributed by atoms with Crippen molar-refractivity contribution in [1.82, 2.24) is 10.6 Å². The van der Waals surface area contributed by atoms with Gasteiger partial charge in [-0.15, -0.1) is 24.0 Å². The monoisotopic (exact) mass is 476 g/mol. The molecule has 5 nitrogen and oxygen atoms in total. The molecule has 1 amide bonds. The first-order valence-corrected chi connectivity index (χ1v) is 7.69. The van der Waals surface area contributed by atoms with E-state index in [1.165, 1.54) is 18.2 Å². The van der Waals surface area contributed by atoms with E-state index < -0.39 is 5.82 Å². The van der Waals surface area contributed by atoms with Gasteiger partial charge in [0, 0.05) is 24.3 Å². The number of anilines is 1. The Morgan fingerprint density at radius 3 is 2.60 bits per heavy atom. The van der Waals surface area contributed by atoms with Crippen molar-refractivity contribution in [3.8, 4) is 0 Å². The summed E-state index contributed by atoms with van der Waals surface area (Å²) in [4.78, 5) is 15.9. The smallest absolute Gasteiger partial charge is 0.243 e. The third-order valence-corrected chi connectivity index (χ3v) is 3.33. The van der Waals surface area contributed by atoms with Crippen LogP contribution in [0, 0.1) is 5.82 Å². The number of hydrogen-bond acceptors (Lipinski definition) is 2. The number of benzene rings is 2. The van der Waals surface area contributed by atoms with E-state index in [0.717, 1.165) is 5.56 Å². The lowest BCUT2D eigenvalue weighted by Gasteiger charge is -2.12. The van der Waals surface area contributed by atoms with Gasteiger partial charge in [0.05, 0.1) is 6.54 Å². The number of guanidine groups is 1. The number of aliphatic imine (C=N–C) groups is 1. The second kappa shape index (κ2) is 10.9.